The van der Waals surface area contributed by atoms with E-state index in [9.17, 15) is 0 Å². The maximum absolute atomic E-state index is 6.09. The Hall–Kier alpha value is -3.15. The van der Waals surface area contributed by atoms with E-state index in [4.69, 9.17) is 5.73 Å². The summed E-state index contributed by atoms with van der Waals surface area (Å²) in [5.74, 6) is 0.363. The average molecular weight is 428 g/mol. The lowest BCUT2D eigenvalue weighted by Crippen LogP contribution is -2.21. The minimum absolute atomic E-state index is 0.363. The first-order valence-corrected chi connectivity index (χ1v) is 11.1. The Kier molecular flexibility index (Phi) is 6.75. The van der Waals surface area contributed by atoms with E-state index < -0.39 is 0 Å². The molecule has 0 saturated carbocycles. The smallest absolute Gasteiger partial charge is 0.198 e. The second-order valence-corrected chi connectivity index (χ2v) is 8.76. The summed E-state index contributed by atoms with van der Waals surface area (Å²) >= 11 is 3.45. The highest BCUT2D eigenvalue weighted by Gasteiger charge is 2.01. The molecule has 0 aliphatic heterocycles. The Morgan fingerprint density at radius 3 is 1.50 bits per heavy atom. The van der Waals surface area contributed by atoms with E-state index in [0.29, 0.717) is 5.96 Å². The van der Waals surface area contributed by atoms with Crippen molar-refractivity contribution in [2.24, 2.45) is 10.7 Å². The first-order chi connectivity index (χ1) is 14.7. The number of anilines is 1. The number of hydrogen-bond donors (Lipinski definition) is 2. The molecule has 148 valence electrons. The van der Waals surface area contributed by atoms with Crippen LogP contribution in [0.3, 0.4) is 0 Å². The monoisotopic (exact) mass is 427 g/mol. The molecular weight excluding hydrogens is 406 g/mol. The summed E-state index contributed by atoms with van der Waals surface area (Å²) in [6.45, 7) is 0. The van der Waals surface area contributed by atoms with E-state index >= 15 is 0 Å². The van der Waals surface area contributed by atoms with E-state index in [-0.39, 0.29) is 0 Å². The van der Waals surface area contributed by atoms with Crippen LogP contribution >= 0.6 is 23.5 Å². The molecule has 3 N–H and O–H groups in total. The summed E-state index contributed by atoms with van der Waals surface area (Å²) in [6.07, 6.45) is 0. The van der Waals surface area contributed by atoms with Crippen LogP contribution in [0.25, 0.3) is 0 Å². The summed E-state index contributed by atoms with van der Waals surface area (Å²) in [5.41, 5.74) is 7.81. The van der Waals surface area contributed by atoms with Crippen molar-refractivity contribution in [3.05, 3.63) is 109 Å². The predicted molar refractivity (Wildman–Crippen MR) is 129 cm³/mol. The van der Waals surface area contributed by atoms with Crippen molar-refractivity contribution in [1.29, 1.82) is 0 Å². The van der Waals surface area contributed by atoms with Crippen molar-refractivity contribution < 1.29 is 0 Å². The predicted octanol–water partition coefficient (Wildman–Crippen LogP) is 7.05. The van der Waals surface area contributed by atoms with Gasteiger partial charge in [0.05, 0.1) is 5.69 Å². The molecule has 0 aliphatic carbocycles. The van der Waals surface area contributed by atoms with Gasteiger partial charge in [0.25, 0.3) is 0 Å². The topological polar surface area (TPSA) is 50.4 Å². The van der Waals surface area contributed by atoms with E-state index in [2.05, 4.69) is 58.8 Å². The van der Waals surface area contributed by atoms with Crippen LogP contribution in [0.4, 0.5) is 11.4 Å². The van der Waals surface area contributed by atoms with Gasteiger partial charge in [-0.3, -0.25) is 0 Å². The molecule has 0 spiro atoms. The molecule has 0 fully saturated rings. The van der Waals surface area contributed by atoms with Gasteiger partial charge >= 0.3 is 0 Å². The zero-order valence-corrected chi connectivity index (χ0v) is 17.9. The third-order valence-electron chi connectivity index (χ3n) is 4.17. The number of rotatable bonds is 6. The van der Waals surface area contributed by atoms with Gasteiger partial charge in [-0.05, 0) is 72.8 Å². The molecule has 0 saturated heterocycles. The third kappa shape index (κ3) is 5.92. The summed E-state index contributed by atoms with van der Waals surface area (Å²) in [7, 11) is 0. The van der Waals surface area contributed by atoms with Gasteiger partial charge in [-0.25, -0.2) is 4.99 Å². The normalized spacial score (nSPS) is 11.3. The highest BCUT2D eigenvalue weighted by atomic mass is 32.2. The van der Waals surface area contributed by atoms with Crippen molar-refractivity contribution in [3.8, 4) is 0 Å². The standard InChI is InChI=1S/C25H21N3S2/c26-25(27-19-11-15-23(16-12-19)29-21-7-3-1-4-8-21)28-20-13-17-24(18-14-20)30-22-9-5-2-6-10-22/h1-18H,(H3,26,27,28). The molecule has 0 bridgehead atoms. The van der Waals surface area contributed by atoms with Crippen LogP contribution in [0.5, 0.6) is 0 Å². The lowest BCUT2D eigenvalue weighted by molar-refractivity contribution is 1.37. The Morgan fingerprint density at radius 2 is 1.00 bits per heavy atom. The van der Waals surface area contributed by atoms with Crippen LogP contribution < -0.4 is 11.1 Å². The Labute approximate surface area is 185 Å². The van der Waals surface area contributed by atoms with Crippen molar-refractivity contribution in [2.75, 3.05) is 5.32 Å². The largest absolute Gasteiger partial charge is 0.369 e. The minimum atomic E-state index is 0.363. The van der Waals surface area contributed by atoms with Gasteiger partial charge in [-0.15, -0.1) is 0 Å². The SMILES string of the molecule is NC(=Nc1ccc(Sc2ccccc2)cc1)Nc1ccc(Sc2ccccc2)cc1. The van der Waals surface area contributed by atoms with Crippen molar-refractivity contribution in [3.63, 3.8) is 0 Å². The molecule has 0 aromatic heterocycles. The first-order valence-electron chi connectivity index (χ1n) is 9.52. The van der Waals surface area contributed by atoms with E-state index in [0.717, 1.165) is 16.3 Å². The number of nitrogens with two attached hydrogens (primary N) is 1. The molecule has 5 heteroatoms. The van der Waals surface area contributed by atoms with Gasteiger partial charge < -0.3 is 11.1 Å². The first kappa shape index (κ1) is 20.1. The van der Waals surface area contributed by atoms with Crippen LogP contribution in [0.1, 0.15) is 0 Å². The van der Waals surface area contributed by atoms with Gasteiger partial charge in [0.2, 0.25) is 0 Å². The maximum atomic E-state index is 6.09. The van der Waals surface area contributed by atoms with Crippen LogP contribution in [-0.2, 0) is 0 Å². The molecule has 4 aromatic rings. The van der Waals surface area contributed by atoms with E-state index in [1.165, 1.54) is 14.7 Å². The Bertz CT molecular complexity index is 1090. The molecule has 4 rings (SSSR count). The molecule has 4 aromatic carbocycles. The molecule has 0 heterocycles. The third-order valence-corrected chi connectivity index (χ3v) is 6.20. The second kappa shape index (κ2) is 10.1. The molecule has 30 heavy (non-hydrogen) atoms. The average Bonchev–Trinajstić information content (AvgIpc) is 2.78. The summed E-state index contributed by atoms with van der Waals surface area (Å²) < 4.78 is 0. The summed E-state index contributed by atoms with van der Waals surface area (Å²) in [6, 6.07) is 36.8. The summed E-state index contributed by atoms with van der Waals surface area (Å²) in [5, 5.41) is 3.15. The van der Waals surface area contributed by atoms with Gasteiger partial charge in [-0.2, -0.15) is 0 Å². The highest BCUT2D eigenvalue weighted by Crippen LogP contribution is 2.29. The molecule has 0 aliphatic rings. The number of benzene rings is 4. The summed E-state index contributed by atoms with van der Waals surface area (Å²) in [4.78, 5) is 9.23. The number of guanidine groups is 1. The van der Waals surface area contributed by atoms with Crippen molar-refractivity contribution in [2.45, 2.75) is 19.6 Å². The van der Waals surface area contributed by atoms with E-state index in [1.807, 2.05) is 60.7 Å². The lowest BCUT2D eigenvalue weighted by Gasteiger charge is -2.07. The molecular formula is C25H21N3S2. The fourth-order valence-electron chi connectivity index (χ4n) is 2.76. The van der Waals surface area contributed by atoms with Gasteiger partial charge in [-0.1, -0.05) is 59.9 Å². The van der Waals surface area contributed by atoms with Crippen molar-refractivity contribution in [1.82, 2.24) is 0 Å². The molecule has 3 nitrogen and oxygen atoms in total. The zero-order valence-electron chi connectivity index (χ0n) is 16.2. The quantitative estimate of drug-likeness (QED) is 0.256. The van der Waals surface area contributed by atoms with Gasteiger partial charge in [0.15, 0.2) is 5.96 Å². The van der Waals surface area contributed by atoms with Crippen molar-refractivity contribution >= 4 is 40.9 Å². The number of aliphatic imine (C=N–C) groups is 1. The lowest BCUT2D eigenvalue weighted by atomic mass is 10.3. The van der Waals surface area contributed by atoms with Crippen LogP contribution in [0.15, 0.2) is 134 Å². The van der Waals surface area contributed by atoms with Crippen LogP contribution in [0.2, 0.25) is 0 Å². The van der Waals surface area contributed by atoms with E-state index in [1.54, 1.807) is 23.5 Å². The molecule has 0 amide bonds. The molecule has 0 radical (unpaired) electrons. The minimum Gasteiger partial charge on any atom is -0.369 e. The Balaban J connectivity index is 1.35. The van der Waals surface area contributed by atoms with Crippen LogP contribution in [0, 0.1) is 0 Å². The number of nitrogens with zero attached hydrogens (tertiary/aromatic N) is 1. The second-order valence-electron chi connectivity index (χ2n) is 6.47. The van der Waals surface area contributed by atoms with Crippen LogP contribution in [-0.4, -0.2) is 5.96 Å². The zero-order chi connectivity index (χ0) is 20.6. The fourth-order valence-corrected chi connectivity index (χ4v) is 4.43. The Morgan fingerprint density at radius 1 is 0.567 bits per heavy atom. The molecule has 0 unspecified atom stereocenters. The fraction of sp³-hybridized carbons (Fsp3) is 0. The number of nitrogens with one attached hydrogen (secondary N) is 1. The highest BCUT2D eigenvalue weighted by molar-refractivity contribution is 7.99. The van der Waals surface area contributed by atoms with Gasteiger partial charge in [0, 0.05) is 25.3 Å². The molecule has 0 atom stereocenters. The van der Waals surface area contributed by atoms with Gasteiger partial charge in [0.1, 0.15) is 0 Å². The maximum Gasteiger partial charge on any atom is 0.198 e. The number of hydrogen-bond acceptors (Lipinski definition) is 3.